The largest absolute Gasteiger partial charge is 0.452 e. The molecule has 0 spiro atoms. The Morgan fingerprint density at radius 3 is 2.79 bits per heavy atom. The van der Waals surface area contributed by atoms with E-state index in [-0.39, 0.29) is 22.5 Å². The van der Waals surface area contributed by atoms with Crippen molar-refractivity contribution in [1.29, 1.82) is 0 Å². The molecule has 24 heavy (non-hydrogen) atoms. The summed E-state index contributed by atoms with van der Waals surface area (Å²) in [7, 11) is 0. The van der Waals surface area contributed by atoms with Crippen LogP contribution in [0.1, 0.15) is 22.8 Å². The van der Waals surface area contributed by atoms with E-state index < -0.39 is 18.4 Å². The van der Waals surface area contributed by atoms with Gasteiger partial charge < -0.3 is 9.64 Å². The van der Waals surface area contributed by atoms with E-state index in [1.54, 1.807) is 4.90 Å². The number of hydrogen-bond donors (Lipinski definition) is 0. The van der Waals surface area contributed by atoms with Crippen molar-refractivity contribution in [3.8, 4) is 0 Å². The van der Waals surface area contributed by atoms with E-state index in [0.29, 0.717) is 0 Å². The van der Waals surface area contributed by atoms with E-state index in [2.05, 4.69) is 0 Å². The van der Waals surface area contributed by atoms with E-state index in [1.165, 1.54) is 12.1 Å². The van der Waals surface area contributed by atoms with Crippen molar-refractivity contribution in [1.82, 2.24) is 0 Å². The third kappa shape index (κ3) is 3.12. The second-order valence-electron chi connectivity index (χ2n) is 5.65. The van der Waals surface area contributed by atoms with Gasteiger partial charge in [0, 0.05) is 16.8 Å². The second-order valence-corrected chi connectivity index (χ2v) is 6.08. The minimum absolute atomic E-state index is 0.0131. The Morgan fingerprint density at radius 2 is 2.04 bits per heavy atom. The molecule has 1 aliphatic rings. The lowest BCUT2D eigenvalue weighted by Gasteiger charge is -2.22. The molecule has 0 saturated carbocycles. The van der Waals surface area contributed by atoms with E-state index in [1.807, 2.05) is 31.2 Å². The number of amides is 1. The Labute approximate surface area is 143 Å². The van der Waals surface area contributed by atoms with Crippen LogP contribution in [0.4, 0.5) is 10.1 Å². The van der Waals surface area contributed by atoms with Crippen LogP contribution in [0.3, 0.4) is 0 Å². The highest BCUT2D eigenvalue weighted by Gasteiger charge is 2.31. The highest BCUT2D eigenvalue weighted by atomic mass is 35.5. The number of carbonyl (C=O) groups is 2. The number of halogens is 2. The first-order valence-electron chi connectivity index (χ1n) is 7.49. The second kappa shape index (κ2) is 6.61. The molecule has 0 bridgehead atoms. The minimum atomic E-state index is -0.891. The van der Waals surface area contributed by atoms with Crippen LogP contribution >= 0.6 is 11.6 Å². The minimum Gasteiger partial charge on any atom is -0.452 e. The lowest BCUT2D eigenvalue weighted by molar-refractivity contribution is -0.122. The highest BCUT2D eigenvalue weighted by Crippen LogP contribution is 2.31. The number of fused-ring (bicyclic) bond motifs is 1. The van der Waals surface area contributed by atoms with Gasteiger partial charge in [0.25, 0.3) is 5.91 Å². The van der Waals surface area contributed by atoms with Crippen molar-refractivity contribution in [3.05, 3.63) is 64.4 Å². The van der Waals surface area contributed by atoms with Crippen LogP contribution in [-0.4, -0.2) is 24.5 Å². The Hall–Kier alpha value is -2.40. The Kier molecular flexibility index (Phi) is 4.53. The van der Waals surface area contributed by atoms with Crippen LogP contribution < -0.4 is 4.90 Å². The van der Waals surface area contributed by atoms with Crippen molar-refractivity contribution in [2.75, 3.05) is 11.5 Å². The van der Waals surface area contributed by atoms with Gasteiger partial charge in [0.15, 0.2) is 6.61 Å². The third-order valence-electron chi connectivity index (χ3n) is 3.95. The fourth-order valence-electron chi connectivity index (χ4n) is 2.88. The Balaban J connectivity index is 1.69. The molecule has 0 saturated heterocycles. The van der Waals surface area contributed by atoms with Crippen molar-refractivity contribution in [2.24, 2.45) is 0 Å². The van der Waals surface area contributed by atoms with Crippen molar-refractivity contribution in [2.45, 2.75) is 19.4 Å². The molecular weight excluding hydrogens is 333 g/mol. The zero-order valence-electron chi connectivity index (χ0n) is 13.0. The van der Waals surface area contributed by atoms with Gasteiger partial charge in [0.1, 0.15) is 5.82 Å². The summed E-state index contributed by atoms with van der Waals surface area (Å²) in [4.78, 5) is 26.0. The first kappa shape index (κ1) is 16.5. The normalized spacial score (nSPS) is 16.0. The molecule has 124 valence electrons. The number of carbonyl (C=O) groups excluding carboxylic acids is 2. The number of ether oxygens (including phenoxy) is 1. The van der Waals surface area contributed by atoms with Crippen LogP contribution in [0.15, 0.2) is 42.5 Å². The van der Waals surface area contributed by atoms with Gasteiger partial charge in [-0.2, -0.15) is 0 Å². The summed E-state index contributed by atoms with van der Waals surface area (Å²) in [6, 6.07) is 11.2. The average molecular weight is 348 g/mol. The number of hydrogen-bond acceptors (Lipinski definition) is 3. The summed E-state index contributed by atoms with van der Waals surface area (Å²) < 4.78 is 18.7. The SMILES string of the molecule is C[C@@H]1Cc2ccccc2N1C(=O)COC(=O)c1ccc(Cl)cc1F. The molecule has 6 heteroatoms. The molecule has 1 heterocycles. The molecule has 0 aliphatic carbocycles. The van der Waals surface area contributed by atoms with Crippen LogP contribution in [0.5, 0.6) is 0 Å². The maximum Gasteiger partial charge on any atom is 0.341 e. The first-order valence-corrected chi connectivity index (χ1v) is 7.87. The van der Waals surface area contributed by atoms with Gasteiger partial charge in [-0.25, -0.2) is 9.18 Å². The van der Waals surface area contributed by atoms with Gasteiger partial charge in [-0.3, -0.25) is 4.79 Å². The molecule has 0 aromatic heterocycles. The number of benzene rings is 2. The van der Waals surface area contributed by atoms with E-state index in [4.69, 9.17) is 16.3 Å². The number of esters is 1. The smallest absolute Gasteiger partial charge is 0.341 e. The fraction of sp³-hybridized carbons (Fsp3) is 0.222. The van der Waals surface area contributed by atoms with E-state index in [9.17, 15) is 14.0 Å². The summed E-state index contributed by atoms with van der Waals surface area (Å²) in [6.45, 7) is 1.48. The summed E-state index contributed by atoms with van der Waals surface area (Å²) >= 11 is 5.65. The monoisotopic (exact) mass is 347 g/mol. The topological polar surface area (TPSA) is 46.6 Å². The standard InChI is InChI=1S/C18H15ClFNO3/c1-11-8-12-4-2-3-5-16(12)21(11)17(22)10-24-18(23)14-7-6-13(19)9-15(14)20/h2-7,9,11H,8,10H2,1H3/t11-/m1/s1. The highest BCUT2D eigenvalue weighted by molar-refractivity contribution is 6.30. The maximum atomic E-state index is 13.7. The summed E-state index contributed by atoms with van der Waals surface area (Å²) in [5.74, 6) is -2.01. The Bertz CT molecular complexity index is 809. The number of anilines is 1. The van der Waals surface area contributed by atoms with Crippen LogP contribution in [-0.2, 0) is 16.0 Å². The van der Waals surface area contributed by atoms with Gasteiger partial charge in [-0.1, -0.05) is 29.8 Å². The predicted molar refractivity (Wildman–Crippen MR) is 88.8 cm³/mol. The lowest BCUT2D eigenvalue weighted by atomic mass is 10.1. The molecule has 1 atom stereocenters. The van der Waals surface area contributed by atoms with Crippen LogP contribution in [0, 0.1) is 5.82 Å². The molecule has 3 rings (SSSR count). The molecule has 0 N–H and O–H groups in total. The van der Waals surface area contributed by atoms with Gasteiger partial charge >= 0.3 is 5.97 Å². The van der Waals surface area contributed by atoms with Crippen molar-refractivity contribution >= 4 is 29.2 Å². The Morgan fingerprint density at radius 1 is 1.29 bits per heavy atom. The molecule has 4 nitrogen and oxygen atoms in total. The molecule has 2 aromatic rings. The van der Waals surface area contributed by atoms with Crippen molar-refractivity contribution < 1.29 is 18.7 Å². The summed E-state index contributed by atoms with van der Waals surface area (Å²) in [5.41, 5.74) is 1.65. The van der Waals surface area contributed by atoms with Crippen LogP contribution in [0.25, 0.3) is 0 Å². The summed E-state index contributed by atoms with van der Waals surface area (Å²) in [5, 5.41) is 0.183. The molecular formula is C18H15ClFNO3. The average Bonchev–Trinajstić information content (AvgIpc) is 2.88. The quantitative estimate of drug-likeness (QED) is 0.797. The van der Waals surface area contributed by atoms with Gasteiger partial charge in [-0.05, 0) is 43.2 Å². The molecule has 2 aromatic carbocycles. The molecule has 0 unspecified atom stereocenters. The number of para-hydroxylation sites is 1. The molecule has 1 aliphatic heterocycles. The first-order chi connectivity index (χ1) is 11.5. The number of nitrogens with zero attached hydrogens (tertiary/aromatic N) is 1. The van der Waals surface area contributed by atoms with Crippen molar-refractivity contribution in [3.63, 3.8) is 0 Å². The maximum absolute atomic E-state index is 13.7. The lowest BCUT2D eigenvalue weighted by Crippen LogP contribution is -2.38. The molecule has 0 fully saturated rings. The van der Waals surface area contributed by atoms with Gasteiger partial charge in [0.05, 0.1) is 5.56 Å². The number of rotatable bonds is 3. The zero-order valence-corrected chi connectivity index (χ0v) is 13.7. The fourth-order valence-corrected chi connectivity index (χ4v) is 3.03. The van der Waals surface area contributed by atoms with E-state index >= 15 is 0 Å². The molecule has 0 radical (unpaired) electrons. The van der Waals surface area contributed by atoms with Crippen LogP contribution in [0.2, 0.25) is 5.02 Å². The predicted octanol–water partition coefficient (Wildman–Crippen LogP) is 3.61. The third-order valence-corrected chi connectivity index (χ3v) is 4.19. The van der Waals surface area contributed by atoms with E-state index in [0.717, 1.165) is 23.7 Å². The summed E-state index contributed by atoms with van der Waals surface area (Å²) in [6.07, 6.45) is 0.752. The van der Waals surface area contributed by atoms with Gasteiger partial charge in [0.2, 0.25) is 0 Å². The zero-order chi connectivity index (χ0) is 17.3. The molecule has 1 amide bonds. The van der Waals surface area contributed by atoms with Gasteiger partial charge in [-0.15, -0.1) is 0 Å².